The van der Waals surface area contributed by atoms with Gasteiger partial charge in [0.1, 0.15) is 5.82 Å². The van der Waals surface area contributed by atoms with E-state index in [2.05, 4.69) is 15.3 Å². The van der Waals surface area contributed by atoms with Crippen molar-refractivity contribution in [1.82, 2.24) is 15.3 Å². The Morgan fingerprint density at radius 1 is 1.40 bits per heavy atom. The number of rotatable bonds is 3. The second-order valence-corrected chi connectivity index (χ2v) is 5.15. The fourth-order valence-corrected chi connectivity index (χ4v) is 3.03. The van der Waals surface area contributed by atoms with Crippen LogP contribution in [0.4, 0.5) is 0 Å². The molecule has 3 nitrogen and oxygen atoms in total. The van der Waals surface area contributed by atoms with Crippen LogP contribution in [0.25, 0.3) is 0 Å². The van der Waals surface area contributed by atoms with Crippen LogP contribution in [0.5, 0.6) is 0 Å². The Bertz CT molecular complexity index is 293. The van der Waals surface area contributed by atoms with Gasteiger partial charge in [0.2, 0.25) is 0 Å². The maximum Gasteiger partial charge on any atom is 0.141 e. The molecule has 1 aromatic heterocycles. The molecule has 1 unspecified atom stereocenters. The molecule has 2 heterocycles. The van der Waals surface area contributed by atoms with E-state index in [0.29, 0.717) is 5.25 Å². The molecule has 4 heteroatoms. The van der Waals surface area contributed by atoms with E-state index in [4.69, 9.17) is 0 Å². The molecule has 1 fully saturated rings. The molecule has 0 radical (unpaired) electrons. The van der Waals surface area contributed by atoms with Gasteiger partial charge in [-0.05, 0) is 25.6 Å². The van der Waals surface area contributed by atoms with Crippen molar-refractivity contribution in [3.63, 3.8) is 0 Å². The minimum absolute atomic E-state index is 0.530. The van der Waals surface area contributed by atoms with Gasteiger partial charge < -0.3 is 5.32 Å². The van der Waals surface area contributed by atoms with Crippen LogP contribution in [0.2, 0.25) is 0 Å². The molecule has 0 aromatic carbocycles. The third kappa shape index (κ3) is 2.92. The maximum atomic E-state index is 4.45. The van der Waals surface area contributed by atoms with Crippen LogP contribution >= 0.6 is 11.8 Å². The lowest BCUT2D eigenvalue weighted by Gasteiger charge is -2.19. The normalized spacial score (nSPS) is 21.5. The molecule has 0 saturated carbocycles. The average Bonchev–Trinajstić information content (AvgIpc) is 2.32. The standard InChI is InChI=1S/C11H17N3S/c1-12-6-9-7-13-11(14-8-9)10-4-2-3-5-15-10/h7-8,10,12H,2-6H2,1H3. The molecule has 82 valence electrons. The van der Waals surface area contributed by atoms with E-state index < -0.39 is 0 Å². The van der Waals surface area contributed by atoms with Crippen LogP contribution in [0.3, 0.4) is 0 Å². The van der Waals surface area contributed by atoms with Crippen molar-refractivity contribution in [2.24, 2.45) is 0 Å². The lowest BCUT2D eigenvalue weighted by Crippen LogP contribution is -2.09. The lowest BCUT2D eigenvalue weighted by atomic mass is 10.2. The van der Waals surface area contributed by atoms with Crippen molar-refractivity contribution in [2.75, 3.05) is 12.8 Å². The van der Waals surface area contributed by atoms with Crippen LogP contribution in [0, 0.1) is 0 Å². The van der Waals surface area contributed by atoms with E-state index in [-0.39, 0.29) is 0 Å². The molecule has 0 amide bonds. The zero-order chi connectivity index (χ0) is 10.5. The van der Waals surface area contributed by atoms with Crippen molar-refractivity contribution in [1.29, 1.82) is 0 Å². The topological polar surface area (TPSA) is 37.8 Å². The minimum atomic E-state index is 0.530. The molecule has 15 heavy (non-hydrogen) atoms. The van der Waals surface area contributed by atoms with Gasteiger partial charge in [-0.25, -0.2) is 9.97 Å². The van der Waals surface area contributed by atoms with E-state index >= 15 is 0 Å². The first-order valence-corrected chi connectivity index (χ1v) is 6.52. The van der Waals surface area contributed by atoms with Gasteiger partial charge >= 0.3 is 0 Å². The number of nitrogens with one attached hydrogen (secondary N) is 1. The SMILES string of the molecule is CNCc1cnc(C2CCCCS2)nc1. The second-order valence-electron chi connectivity index (χ2n) is 3.84. The summed E-state index contributed by atoms with van der Waals surface area (Å²) in [5, 5.41) is 3.63. The highest BCUT2D eigenvalue weighted by atomic mass is 32.2. The molecule has 2 rings (SSSR count). The van der Waals surface area contributed by atoms with Crippen molar-refractivity contribution >= 4 is 11.8 Å². The highest BCUT2D eigenvalue weighted by Crippen LogP contribution is 2.36. The number of thioether (sulfide) groups is 1. The zero-order valence-corrected chi connectivity index (χ0v) is 9.89. The van der Waals surface area contributed by atoms with Gasteiger partial charge in [-0.15, -0.1) is 0 Å². The monoisotopic (exact) mass is 223 g/mol. The smallest absolute Gasteiger partial charge is 0.141 e. The molecule has 0 aliphatic carbocycles. The average molecular weight is 223 g/mol. The number of hydrogen-bond donors (Lipinski definition) is 1. The number of hydrogen-bond acceptors (Lipinski definition) is 4. The summed E-state index contributed by atoms with van der Waals surface area (Å²) in [4.78, 5) is 8.90. The largest absolute Gasteiger partial charge is 0.316 e. The summed E-state index contributed by atoms with van der Waals surface area (Å²) in [5.74, 6) is 2.27. The molecule has 1 saturated heterocycles. The fourth-order valence-electron chi connectivity index (χ4n) is 1.77. The molecule has 1 aliphatic rings. The Kier molecular flexibility index (Phi) is 3.97. The third-order valence-corrected chi connectivity index (χ3v) is 3.95. The molecular formula is C11H17N3S. The summed E-state index contributed by atoms with van der Waals surface area (Å²) in [7, 11) is 1.94. The first-order valence-electron chi connectivity index (χ1n) is 5.47. The highest BCUT2D eigenvalue weighted by molar-refractivity contribution is 7.99. The predicted octanol–water partition coefficient (Wildman–Crippen LogP) is 2.15. The number of aromatic nitrogens is 2. The van der Waals surface area contributed by atoms with Gasteiger partial charge in [-0.3, -0.25) is 0 Å². The summed E-state index contributed by atoms with van der Waals surface area (Å²) in [5.41, 5.74) is 1.15. The maximum absolute atomic E-state index is 4.45. The Hall–Kier alpha value is -0.610. The lowest BCUT2D eigenvalue weighted by molar-refractivity contribution is 0.659. The van der Waals surface area contributed by atoms with E-state index in [0.717, 1.165) is 17.9 Å². The first-order chi connectivity index (χ1) is 7.40. The summed E-state index contributed by atoms with van der Waals surface area (Å²) >= 11 is 1.99. The van der Waals surface area contributed by atoms with Crippen molar-refractivity contribution in [3.05, 3.63) is 23.8 Å². The quantitative estimate of drug-likeness (QED) is 0.852. The van der Waals surface area contributed by atoms with Gasteiger partial charge in [0.05, 0.1) is 5.25 Å². The van der Waals surface area contributed by atoms with E-state index in [1.54, 1.807) is 0 Å². The van der Waals surface area contributed by atoms with Gasteiger partial charge in [0.15, 0.2) is 0 Å². The van der Waals surface area contributed by atoms with Crippen LogP contribution in [0.1, 0.15) is 35.9 Å². The van der Waals surface area contributed by atoms with Crippen LogP contribution in [0.15, 0.2) is 12.4 Å². The van der Waals surface area contributed by atoms with E-state index in [1.807, 2.05) is 31.2 Å². The fraction of sp³-hybridized carbons (Fsp3) is 0.636. The molecular weight excluding hydrogens is 206 g/mol. The highest BCUT2D eigenvalue weighted by Gasteiger charge is 2.18. The summed E-state index contributed by atoms with van der Waals surface area (Å²) in [6.07, 6.45) is 7.77. The van der Waals surface area contributed by atoms with Gasteiger partial charge in [-0.1, -0.05) is 6.42 Å². The van der Waals surface area contributed by atoms with Crippen molar-refractivity contribution in [2.45, 2.75) is 31.1 Å². The van der Waals surface area contributed by atoms with Gasteiger partial charge in [-0.2, -0.15) is 11.8 Å². The van der Waals surface area contributed by atoms with Gasteiger partial charge in [0, 0.05) is 24.5 Å². The van der Waals surface area contributed by atoms with Crippen molar-refractivity contribution < 1.29 is 0 Å². The zero-order valence-electron chi connectivity index (χ0n) is 9.07. The van der Waals surface area contributed by atoms with Crippen LogP contribution < -0.4 is 5.32 Å². The molecule has 1 N–H and O–H groups in total. The molecule has 0 spiro atoms. The Morgan fingerprint density at radius 2 is 2.20 bits per heavy atom. The summed E-state index contributed by atoms with van der Waals surface area (Å²) in [6.45, 7) is 0.845. The first kappa shape index (κ1) is 10.9. The van der Waals surface area contributed by atoms with Crippen molar-refractivity contribution in [3.8, 4) is 0 Å². The number of nitrogens with zero attached hydrogens (tertiary/aromatic N) is 2. The van der Waals surface area contributed by atoms with Crippen LogP contribution in [-0.4, -0.2) is 22.8 Å². The minimum Gasteiger partial charge on any atom is -0.316 e. The summed E-state index contributed by atoms with van der Waals surface area (Å²) in [6, 6.07) is 0. The summed E-state index contributed by atoms with van der Waals surface area (Å²) < 4.78 is 0. The Labute approximate surface area is 95.1 Å². The van der Waals surface area contributed by atoms with E-state index in [9.17, 15) is 0 Å². The van der Waals surface area contributed by atoms with Gasteiger partial charge in [0.25, 0.3) is 0 Å². The molecule has 0 bridgehead atoms. The molecule has 1 aromatic rings. The predicted molar refractivity (Wildman–Crippen MR) is 63.8 cm³/mol. The Balaban J connectivity index is 2.02. The third-order valence-electron chi connectivity index (χ3n) is 2.57. The molecule has 1 aliphatic heterocycles. The molecule has 1 atom stereocenters. The second kappa shape index (κ2) is 5.47. The Morgan fingerprint density at radius 3 is 2.80 bits per heavy atom. The van der Waals surface area contributed by atoms with Crippen LogP contribution in [-0.2, 0) is 6.54 Å². The van der Waals surface area contributed by atoms with E-state index in [1.165, 1.54) is 25.0 Å².